The van der Waals surface area contributed by atoms with Crippen LogP contribution in [0.3, 0.4) is 0 Å². The third-order valence-corrected chi connectivity index (χ3v) is 12.4. The molecule has 2 aromatic heterocycles. The number of halogens is 3. The molecule has 0 saturated heterocycles. The van der Waals surface area contributed by atoms with Crippen molar-refractivity contribution in [3.63, 3.8) is 0 Å². The van der Waals surface area contributed by atoms with Crippen molar-refractivity contribution in [2.24, 2.45) is 11.8 Å². The Morgan fingerprint density at radius 3 is 1.71 bits per heavy atom. The number of esters is 2. The predicted molar refractivity (Wildman–Crippen MR) is 201 cm³/mol. The molecule has 52 heavy (non-hydrogen) atoms. The van der Waals surface area contributed by atoms with Gasteiger partial charge in [-0.05, 0) is 55.7 Å². The van der Waals surface area contributed by atoms with Gasteiger partial charge in [-0.25, -0.2) is 14.4 Å². The van der Waals surface area contributed by atoms with E-state index in [1.165, 1.54) is 17.4 Å². The summed E-state index contributed by atoms with van der Waals surface area (Å²) in [7, 11) is 0. The van der Waals surface area contributed by atoms with Crippen molar-refractivity contribution in [3.8, 4) is 21.1 Å². The summed E-state index contributed by atoms with van der Waals surface area (Å²) in [5.41, 5.74) is 1.24. The molecule has 0 aliphatic heterocycles. The molecular weight excluding hydrogens is 746 g/mol. The van der Waals surface area contributed by atoms with Crippen LogP contribution in [0.5, 0.6) is 0 Å². The van der Waals surface area contributed by atoms with Crippen LogP contribution in [-0.4, -0.2) is 45.8 Å². The van der Waals surface area contributed by atoms with Crippen LogP contribution in [0.15, 0.2) is 53.2 Å². The van der Waals surface area contributed by atoms with E-state index in [0.29, 0.717) is 31.2 Å². The first kappa shape index (κ1) is 38.0. The second kappa shape index (κ2) is 17.9. The van der Waals surface area contributed by atoms with E-state index in [-0.39, 0.29) is 36.1 Å². The highest BCUT2D eigenvalue weighted by Crippen LogP contribution is 2.36. The number of ether oxygens (including phenoxy) is 1. The number of thiazole rings is 2. The molecule has 2 heterocycles. The summed E-state index contributed by atoms with van der Waals surface area (Å²) < 4.78 is 19.7. The summed E-state index contributed by atoms with van der Waals surface area (Å²) in [4.78, 5) is 62.2. The van der Waals surface area contributed by atoms with Gasteiger partial charge in [-0.2, -0.15) is 0 Å². The number of nitrogens with zero attached hydrogens (tertiary/aromatic N) is 2. The molecule has 2 aliphatic rings. The fourth-order valence-corrected chi connectivity index (χ4v) is 9.21. The minimum atomic E-state index is -0.748. The largest absolute Gasteiger partial charge is 0.393 e. The second-order valence-corrected chi connectivity index (χ2v) is 15.9. The number of rotatable bonds is 12. The van der Waals surface area contributed by atoms with E-state index in [0.717, 1.165) is 75.5 Å². The molecule has 14 heteroatoms. The number of carbonyl (C=O) groups excluding carboxylic acids is 4. The van der Waals surface area contributed by atoms with Gasteiger partial charge in [0.1, 0.15) is 27.2 Å². The maximum Gasteiger partial charge on any atom is 0.315 e. The van der Waals surface area contributed by atoms with E-state index < -0.39 is 41.7 Å². The Morgan fingerprint density at radius 1 is 0.712 bits per heavy atom. The Hall–Kier alpha value is -3.71. The molecule has 2 unspecified atom stereocenters. The van der Waals surface area contributed by atoms with Crippen LogP contribution in [0.1, 0.15) is 98.0 Å². The highest BCUT2D eigenvalue weighted by molar-refractivity contribution is 7.13. The summed E-state index contributed by atoms with van der Waals surface area (Å²) in [5, 5.41) is 10.8. The number of carbonyl (C=O) groups is 4. The lowest BCUT2D eigenvalue weighted by Gasteiger charge is -2.31. The number of amides is 2. The van der Waals surface area contributed by atoms with E-state index in [1.54, 1.807) is 47.2 Å². The third-order valence-electron chi connectivity index (χ3n) is 9.83. The van der Waals surface area contributed by atoms with Crippen LogP contribution >= 0.6 is 45.9 Å². The van der Waals surface area contributed by atoms with E-state index in [1.807, 2.05) is 0 Å². The average Bonchev–Trinajstić information content (AvgIpc) is 3.85. The van der Waals surface area contributed by atoms with E-state index in [9.17, 15) is 23.6 Å². The summed E-state index contributed by atoms with van der Waals surface area (Å²) in [6.07, 6.45) is 8.96. The SMILES string of the molecule is O=C(CC(NC(=O)c1csc(-c2ccccc2F)n1)C1CCCCC1)OC(=O)CC(NC(=O)c1csc(-c2cccc(Cl)c2Cl)n1)C1CCCCC1. The summed E-state index contributed by atoms with van der Waals surface area (Å²) in [6, 6.07) is 10.3. The van der Waals surface area contributed by atoms with Crippen LogP contribution in [-0.2, 0) is 14.3 Å². The van der Waals surface area contributed by atoms with Gasteiger partial charge >= 0.3 is 11.9 Å². The maximum atomic E-state index is 14.4. The normalized spacial score (nSPS) is 16.5. The predicted octanol–water partition coefficient (Wildman–Crippen LogP) is 9.29. The molecule has 0 spiro atoms. The molecule has 2 fully saturated rings. The summed E-state index contributed by atoms with van der Waals surface area (Å²) in [6.45, 7) is 0. The molecular formula is C38H39Cl2FN4O5S2. The Bertz CT molecular complexity index is 1910. The Kier molecular flexibility index (Phi) is 13.1. The minimum absolute atomic E-state index is 0.0177. The summed E-state index contributed by atoms with van der Waals surface area (Å²) >= 11 is 15.0. The minimum Gasteiger partial charge on any atom is -0.393 e. The Morgan fingerprint density at radius 2 is 1.19 bits per heavy atom. The molecule has 6 rings (SSSR count). The highest BCUT2D eigenvalue weighted by Gasteiger charge is 2.32. The van der Waals surface area contributed by atoms with Gasteiger partial charge in [-0.1, -0.05) is 86.0 Å². The molecule has 274 valence electrons. The first-order valence-corrected chi connectivity index (χ1v) is 20.1. The lowest BCUT2D eigenvalue weighted by Crippen LogP contribution is -2.44. The summed E-state index contributed by atoms with van der Waals surface area (Å²) in [5.74, 6) is -2.78. The zero-order valence-corrected chi connectivity index (χ0v) is 31.5. The highest BCUT2D eigenvalue weighted by atomic mass is 35.5. The van der Waals surface area contributed by atoms with Crippen LogP contribution in [0.25, 0.3) is 21.1 Å². The van der Waals surface area contributed by atoms with Gasteiger partial charge in [0.2, 0.25) is 0 Å². The van der Waals surface area contributed by atoms with Gasteiger partial charge in [-0.3, -0.25) is 19.2 Å². The standard InChI is InChI=1S/C38H39Cl2FN4O5S2/c39-26-16-9-15-25(34(26)40)38-45-31(21-52-38)36(49)43-29(23-12-5-2-6-13-23)19-33(47)50-32(46)18-28(22-10-3-1-4-11-22)42-35(48)30-20-51-37(44-30)24-14-7-8-17-27(24)41/h7-9,14-17,20-23,28-29H,1-6,10-13,18-19H2,(H,42,48)(H,43,49). The molecule has 4 aromatic rings. The molecule has 0 radical (unpaired) electrons. The number of nitrogens with one attached hydrogen (secondary N) is 2. The number of aromatic nitrogens is 2. The fraction of sp³-hybridized carbons (Fsp3) is 0.421. The number of benzene rings is 2. The molecule has 2 aromatic carbocycles. The van der Waals surface area contributed by atoms with Gasteiger partial charge in [0.25, 0.3) is 11.8 Å². The van der Waals surface area contributed by atoms with Gasteiger partial charge in [0.15, 0.2) is 0 Å². The number of hydrogen-bond donors (Lipinski definition) is 2. The molecule has 2 N–H and O–H groups in total. The van der Waals surface area contributed by atoms with E-state index >= 15 is 0 Å². The van der Waals surface area contributed by atoms with Crippen LogP contribution in [0.2, 0.25) is 10.0 Å². The first-order valence-electron chi connectivity index (χ1n) is 17.6. The van der Waals surface area contributed by atoms with Crippen molar-refractivity contribution < 1.29 is 28.3 Å². The van der Waals surface area contributed by atoms with Gasteiger partial charge < -0.3 is 15.4 Å². The Labute approximate surface area is 319 Å². The van der Waals surface area contributed by atoms with Crippen LogP contribution in [0.4, 0.5) is 4.39 Å². The van der Waals surface area contributed by atoms with Gasteiger partial charge in [0, 0.05) is 34.0 Å². The molecule has 2 amide bonds. The van der Waals surface area contributed by atoms with Crippen LogP contribution in [0, 0.1) is 17.7 Å². The molecule has 2 atom stereocenters. The average molecular weight is 786 g/mol. The lowest BCUT2D eigenvalue weighted by molar-refractivity contribution is -0.160. The quantitative estimate of drug-likeness (QED) is 0.108. The van der Waals surface area contributed by atoms with Crippen molar-refractivity contribution in [2.45, 2.75) is 89.1 Å². The van der Waals surface area contributed by atoms with Crippen molar-refractivity contribution in [2.75, 3.05) is 0 Å². The van der Waals surface area contributed by atoms with Crippen molar-refractivity contribution >= 4 is 69.6 Å². The molecule has 9 nitrogen and oxygen atoms in total. The van der Waals surface area contributed by atoms with Gasteiger partial charge in [0.05, 0.1) is 22.9 Å². The zero-order valence-electron chi connectivity index (χ0n) is 28.4. The fourth-order valence-electron chi connectivity index (χ4n) is 7.11. The zero-order chi connectivity index (χ0) is 36.6. The van der Waals surface area contributed by atoms with Gasteiger partial charge in [-0.15, -0.1) is 22.7 Å². The Balaban J connectivity index is 1.10. The topological polar surface area (TPSA) is 127 Å². The van der Waals surface area contributed by atoms with Crippen molar-refractivity contribution in [1.29, 1.82) is 0 Å². The maximum absolute atomic E-state index is 14.4. The number of hydrogen-bond acceptors (Lipinski definition) is 9. The van der Waals surface area contributed by atoms with E-state index in [2.05, 4.69) is 20.6 Å². The molecule has 2 aliphatic carbocycles. The van der Waals surface area contributed by atoms with Crippen LogP contribution < -0.4 is 10.6 Å². The molecule has 0 bridgehead atoms. The monoisotopic (exact) mass is 784 g/mol. The van der Waals surface area contributed by atoms with Crippen molar-refractivity contribution in [1.82, 2.24) is 20.6 Å². The van der Waals surface area contributed by atoms with E-state index in [4.69, 9.17) is 27.9 Å². The molecule has 2 saturated carbocycles. The lowest BCUT2D eigenvalue weighted by atomic mass is 9.82. The second-order valence-electron chi connectivity index (χ2n) is 13.4. The third kappa shape index (κ3) is 9.63. The smallest absolute Gasteiger partial charge is 0.315 e. The van der Waals surface area contributed by atoms with Crippen molar-refractivity contribution in [3.05, 3.63) is 80.5 Å². The first-order chi connectivity index (χ1) is 25.2.